The Bertz CT molecular complexity index is 986. The van der Waals surface area contributed by atoms with Gasteiger partial charge in [0, 0.05) is 59.4 Å². The smallest absolute Gasteiger partial charge is 0.407 e. The van der Waals surface area contributed by atoms with Gasteiger partial charge in [-0.25, -0.2) is 4.79 Å². The van der Waals surface area contributed by atoms with E-state index >= 15 is 0 Å². The number of methoxy groups -OCH3 is 1. The molecule has 2 N–H and O–H groups in total. The van der Waals surface area contributed by atoms with Crippen LogP contribution in [0.2, 0.25) is 0 Å². The number of piperidine rings is 1. The van der Waals surface area contributed by atoms with Crippen LogP contribution in [-0.2, 0) is 20.8 Å². The number of carbonyl (C=O) groups is 4. The number of carboxylic acid groups (broad SMARTS) is 1. The Balaban J connectivity index is 1.79. The number of hydrogen-bond acceptors (Lipinski definition) is 7. The number of morpholine rings is 1. The van der Waals surface area contributed by atoms with Crippen LogP contribution in [0.15, 0.2) is 12.1 Å². The number of nitrogens with zero attached hydrogens (tertiary/aromatic N) is 3. The molecule has 2 aliphatic rings. The van der Waals surface area contributed by atoms with E-state index in [0.29, 0.717) is 57.3 Å². The normalized spacial score (nSPS) is 21.0. The largest absolute Gasteiger partial charge is 0.465 e. The van der Waals surface area contributed by atoms with Crippen molar-refractivity contribution in [3.8, 4) is 0 Å². The molecular weight excluding hydrogens is 492 g/mol. The number of ketones is 2. The molecule has 0 radical (unpaired) electrons. The monoisotopic (exact) mass is 534 g/mol. The lowest BCUT2D eigenvalue weighted by molar-refractivity contribution is -0.141. The van der Waals surface area contributed by atoms with Gasteiger partial charge in [0.2, 0.25) is 5.91 Å². The number of nitrogens with one attached hydrogen (secondary N) is 1. The van der Waals surface area contributed by atoms with Crippen LogP contribution in [0, 0.1) is 11.8 Å². The molecule has 2 amide bonds. The highest BCUT2D eigenvalue weighted by Gasteiger charge is 2.38. The number of Topliss-reactive ketones (excluding diaryl/α,β-unsaturated/α-hetero) is 2. The average molecular weight is 535 g/mol. The summed E-state index contributed by atoms with van der Waals surface area (Å²) >= 11 is 0. The number of likely N-dealkylation sites (tertiary alicyclic amines) is 1. The molecule has 0 bridgehead atoms. The summed E-state index contributed by atoms with van der Waals surface area (Å²) in [7, 11) is 1.64. The van der Waals surface area contributed by atoms with Gasteiger partial charge in [-0.15, -0.1) is 0 Å². The van der Waals surface area contributed by atoms with Gasteiger partial charge < -0.3 is 34.3 Å². The van der Waals surface area contributed by atoms with Crippen LogP contribution in [0.5, 0.6) is 0 Å². The standard InChI is InChI=1S/C27H42N4O7/c1-18(2)24(25(33)23-8-7-22(19(3)32)31(23)9-5-6-12-37-4)28-21-15-20(16-30(17-21)27(35)36)26(34)29-10-13-38-14-11-29/h7-8,18,20-21,24,28H,5-6,9-17H2,1-4H3,(H,35,36)/t20-,21+,24?/m1/s1. The Morgan fingerprint density at radius 3 is 2.37 bits per heavy atom. The summed E-state index contributed by atoms with van der Waals surface area (Å²) in [5.74, 6) is -0.933. The molecule has 0 aliphatic carbocycles. The quantitative estimate of drug-likeness (QED) is 0.308. The van der Waals surface area contributed by atoms with Crippen LogP contribution in [0.25, 0.3) is 0 Å². The van der Waals surface area contributed by atoms with Crippen molar-refractivity contribution in [2.24, 2.45) is 11.8 Å². The number of amides is 2. The van der Waals surface area contributed by atoms with Gasteiger partial charge in [-0.1, -0.05) is 13.8 Å². The second-order valence-electron chi connectivity index (χ2n) is 10.5. The van der Waals surface area contributed by atoms with Gasteiger partial charge >= 0.3 is 6.09 Å². The second kappa shape index (κ2) is 13.9. The van der Waals surface area contributed by atoms with Gasteiger partial charge in [-0.3, -0.25) is 14.4 Å². The van der Waals surface area contributed by atoms with Crippen molar-refractivity contribution >= 4 is 23.6 Å². The number of aromatic nitrogens is 1. The zero-order valence-corrected chi connectivity index (χ0v) is 23.0. The minimum atomic E-state index is -1.08. The molecule has 1 aromatic rings. The van der Waals surface area contributed by atoms with Crippen molar-refractivity contribution in [1.82, 2.24) is 19.7 Å². The van der Waals surface area contributed by atoms with Crippen LogP contribution in [0.3, 0.4) is 0 Å². The lowest BCUT2D eigenvalue weighted by Crippen LogP contribution is -2.58. The summed E-state index contributed by atoms with van der Waals surface area (Å²) < 4.78 is 12.3. The van der Waals surface area contributed by atoms with Crippen LogP contribution in [-0.4, -0.2) is 108 Å². The first-order valence-corrected chi connectivity index (χ1v) is 13.5. The summed E-state index contributed by atoms with van der Waals surface area (Å²) in [6.45, 7) is 8.73. The van der Waals surface area contributed by atoms with E-state index in [1.165, 1.54) is 11.8 Å². The lowest BCUT2D eigenvalue weighted by Gasteiger charge is -2.40. The molecule has 1 unspecified atom stereocenters. The van der Waals surface area contributed by atoms with E-state index in [1.807, 2.05) is 13.8 Å². The highest BCUT2D eigenvalue weighted by molar-refractivity contribution is 6.01. The van der Waals surface area contributed by atoms with Crippen LogP contribution in [0.4, 0.5) is 4.79 Å². The van der Waals surface area contributed by atoms with Crippen molar-refractivity contribution in [3.63, 3.8) is 0 Å². The number of ether oxygens (including phenoxy) is 2. The molecule has 2 fully saturated rings. The highest BCUT2D eigenvalue weighted by atomic mass is 16.5. The summed E-state index contributed by atoms with van der Waals surface area (Å²) in [5.41, 5.74) is 0.935. The fourth-order valence-corrected chi connectivity index (χ4v) is 5.33. The number of rotatable bonds is 12. The predicted molar refractivity (Wildman–Crippen MR) is 141 cm³/mol. The second-order valence-corrected chi connectivity index (χ2v) is 10.5. The van der Waals surface area contributed by atoms with E-state index in [9.17, 15) is 24.3 Å². The summed E-state index contributed by atoms with van der Waals surface area (Å²) in [6, 6.07) is 2.40. The fourth-order valence-electron chi connectivity index (χ4n) is 5.33. The highest BCUT2D eigenvalue weighted by Crippen LogP contribution is 2.23. The minimum absolute atomic E-state index is 0.0745. The lowest BCUT2D eigenvalue weighted by atomic mass is 9.90. The SMILES string of the molecule is COCCCCn1c(C(C)=O)ccc1C(=O)C(N[C@H]1C[C@@H](C(=O)N2CCOCC2)CN(C(=O)O)C1)C(C)C. The number of hydrogen-bond donors (Lipinski definition) is 2. The summed E-state index contributed by atoms with van der Waals surface area (Å²) in [4.78, 5) is 54.2. The van der Waals surface area contributed by atoms with Crippen molar-refractivity contribution in [2.75, 3.05) is 53.1 Å². The maximum absolute atomic E-state index is 13.8. The Morgan fingerprint density at radius 1 is 1.08 bits per heavy atom. The molecule has 1 aromatic heterocycles. The van der Waals surface area contributed by atoms with Gasteiger partial charge in [0.05, 0.1) is 36.6 Å². The van der Waals surface area contributed by atoms with Crippen molar-refractivity contribution < 1.29 is 33.8 Å². The summed E-state index contributed by atoms with van der Waals surface area (Å²) in [5, 5.41) is 13.2. The molecule has 38 heavy (non-hydrogen) atoms. The predicted octanol–water partition coefficient (Wildman–Crippen LogP) is 2.14. The van der Waals surface area contributed by atoms with E-state index in [1.54, 1.807) is 28.7 Å². The zero-order valence-electron chi connectivity index (χ0n) is 23.0. The van der Waals surface area contributed by atoms with E-state index in [2.05, 4.69) is 5.32 Å². The Hall–Kier alpha value is -2.76. The summed E-state index contributed by atoms with van der Waals surface area (Å²) in [6.07, 6.45) is 0.911. The van der Waals surface area contributed by atoms with Crippen molar-refractivity contribution in [1.29, 1.82) is 0 Å². The molecule has 11 heteroatoms. The first kappa shape index (κ1) is 29.8. The van der Waals surface area contributed by atoms with E-state index in [0.717, 1.165) is 12.8 Å². The molecule has 2 saturated heterocycles. The van der Waals surface area contributed by atoms with Gasteiger partial charge in [0.15, 0.2) is 11.6 Å². The maximum atomic E-state index is 13.8. The fraction of sp³-hybridized carbons (Fsp3) is 0.704. The van der Waals surface area contributed by atoms with Crippen molar-refractivity contribution in [2.45, 2.75) is 58.7 Å². The number of carbonyl (C=O) groups excluding carboxylic acids is 3. The van der Waals surface area contributed by atoms with E-state index in [-0.39, 0.29) is 42.5 Å². The van der Waals surface area contributed by atoms with Gasteiger partial charge in [-0.05, 0) is 37.3 Å². The van der Waals surface area contributed by atoms with E-state index < -0.39 is 18.1 Å². The Morgan fingerprint density at radius 2 is 1.76 bits per heavy atom. The third-order valence-corrected chi connectivity index (χ3v) is 7.33. The van der Waals surface area contributed by atoms with E-state index in [4.69, 9.17) is 9.47 Å². The van der Waals surface area contributed by atoms with Crippen molar-refractivity contribution in [3.05, 3.63) is 23.5 Å². The number of unbranched alkanes of at least 4 members (excludes halogenated alkanes) is 1. The zero-order chi connectivity index (χ0) is 27.8. The van der Waals surface area contributed by atoms with Crippen LogP contribution < -0.4 is 5.32 Å². The molecule has 11 nitrogen and oxygen atoms in total. The maximum Gasteiger partial charge on any atom is 0.407 e. The molecule has 2 aliphatic heterocycles. The van der Waals surface area contributed by atoms with Crippen LogP contribution >= 0.6 is 0 Å². The molecule has 3 rings (SSSR count). The molecular formula is C27H42N4O7. The third-order valence-electron chi connectivity index (χ3n) is 7.33. The average Bonchev–Trinajstić information content (AvgIpc) is 3.33. The molecule has 0 aromatic carbocycles. The molecule has 212 valence electrons. The molecule has 3 atom stereocenters. The van der Waals surface area contributed by atoms with Crippen LogP contribution in [0.1, 0.15) is 61.0 Å². The first-order chi connectivity index (χ1) is 18.1. The molecule has 3 heterocycles. The topological polar surface area (TPSA) is 130 Å². The first-order valence-electron chi connectivity index (χ1n) is 13.5. The molecule has 0 spiro atoms. The van der Waals surface area contributed by atoms with Gasteiger partial charge in [0.25, 0.3) is 0 Å². The van der Waals surface area contributed by atoms with Gasteiger partial charge in [0.1, 0.15) is 0 Å². The minimum Gasteiger partial charge on any atom is -0.465 e. The van der Waals surface area contributed by atoms with Gasteiger partial charge in [-0.2, -0.15) is 0 Å². The molecule has 0 saturated carbocycles. The Kier molecular flexibility index (Phi) is 10.9. The Labute approximate surface area is 224 Å². The third kappa shape index (κ3) is 7.42.